The van der Waals surface area contributed by atoms with Gasteiger partial charge in [-0.25, -0.2) is 15.0 Å². The van der Waals surface area contributed by atoms with Crippen LogP contribution in [0.4, 0.5) is 5.95 Å². The van der Waals surface area contributed by atoms with Gasteiger partial charge in [0.1, 0.15) is 12.7 Å². The first-order chi connectivity index (χ1) is 12.1. The summed E-state index contributed by atoms with van der Waals surface area (Å²) < 4.78 is 0. The number of nitrogens with zero attached hydrogens (tertiary/aromatic N) is 3. The van der Waals surface area contributed by atoms with E-state index in [4.69, 9.17) is 9.90 Å². The molecule has 1 heterocycles. The van der Waals surface area contributed by atoms with E-state index >= 15 is 0 Å². The van der Waals surface area contributed by atoms with Crippen LogP contribution in [0.25, 0.3) is 0 Å². The Morgan fingerprint density at radius 3 is 2.00 bits per heavy atom. The average molecular weight is 346 g/mol. The third-order valence-corrected chi connectivity index (χ3v) is 2.99. The monoisotopic (exact) mass is 346 g/mol. The predicted molar refractivity (Wildman–Crippen MR) is 101 cm³/mol. The van der Waals surface area contributed by atoms with Gasteiger partial charge in [0, 0.05) is 13.5 Å². The van der Waals surface area contributed by atoms with Gasteiger partial charge in [-0.1, -0.05) is 76.3 Å². The summed E-state index contributed by atoms with van der Waals surface area (Å²) in [5.74, 6) is -0.233. The van der Waals surface area contributed by atoms with E-state index in [1.165, 1.54) is 50.3 Å². The van der Waals surface area contributed by atoms with Crippen molar-refractivity contribution in [3.63, 3.8) is 0 Å². The smallest absolute Gasteiger partial charge is 0.300 e. The largest absolute Gasteiger partial charge is 0.481 e. The second-order valence-electron chi connectivity index (χ2n) is 5.38. The molecule has 0 unspecified atom stereocenters. The average Bonchev–Trinajstić information content (AvgIpc) is 2.62. The molecule has 0 spiro atoms. The Hall–Kier alpha value is -2.50. The molecule has 2 aromatic rings. The number of hydrogen-bond donors (Lipinski definition) is 2. The molecule has 2 rings (SSSR count). The summed E-state index contributed by atoms with van der Waals surface area (Å²) in [5.41, 5.74) is 1.20. The molecule has 0 fully saturated rings. The number of aliphatic carboxylic acids is 1. The zero-order valence-electron chi connectivity index (χ0n) is 15.5. The van der Waals surface area contributed by atoms with Crippen molar-refractivity contribution in [1.29, 1.82) is 0 Å². The molecule has 138 valence electrons. The number of rotatable bonds is 7. The summed E-state index contributed by atoms with van der Waals surface area (Å²) in [7, 11) is 0. The van der Waals surface area contributed by atoms with Gasteiger partial charge in [0.15, 0.2) is 0 Å². The maximum atomic E-state index is 9.00. The van der Waals surface area contributed by atoms with Crippen molar-refractivity contribution in [3.8, 4) is 0 Å². The maximum Gasteiger partial charge on any atom is 0.300 e. The Morgan fingerprint density at radius 1 is 1.00 bits per heavy atom. The fraction of sp³-hybridized carbons (Fsp3) is 0.474. The van der Waals surface area contributed by atoms with Crippen molar-refractivity contribution >= 4 is 11.9 Å². The number of carbonyl (C=O) groups is 1. The molecule has 1 aromatic carbocycles. The van der Waals surface area contributed by atoms with E-state index in [9.17, 15) is 0 Å². The number of nitrogens with one attached hydrogen (secondary N) is 1. The molecule has 0 aliphatic carbocycles. The van der Waals surface area contributed by atoms with E-state index in [-0.39, 0.29) is 0 Å². The predicted octanol–water partition coefficient (Wildman–Crippen LogP) is 4.55. The molecule has 0 saturated heterocycles. The van der Waals surface area contributed by atoms with Crippen molar-refractivity contribution in [2.75, 3.05) is 5.32 Å². The van der Waals surface area contributed by atoms with Gasteiger partial charge in [0.25, 0.3) is 5.97 Å². The molecule has 6 nitrogen and oxygen atoms in total. The van der Waals surface area contributed by atoms with Gasteiger partial charge in [-0.15, -0.1) is 0 Å². The van der Waals surface area contributed by atoms with Crippen LogP contribution in [0.1, 0.15) is 58.4 Å². The Balaban J connectivity index is 0.000000442. The van der Waals surface area contributed by atoms with Crippen LogP contribution in [0.2, 0.25) is 0 Å². The molecule has 0 aliphatic heterocycles. The fourth-order valence-corrected chi connectivity index (χ4v) is 1.78. The summed E-state index contributed by atoms with van der Waals surface area (Å²) in [4.78, 5) is 20.7. The van der Waals surface area contributed by atoms with Crippen LogP contribution in [-0.2, 0) is 11.3 Å². The SMILES string of the molecule is CC(=O)O.CCCCCCC.c1ccc(CNc2ncncn2)cc1. The number of hydrogen-bond acceptors (Lipinski definition) is 5. The van der Waals surface area contributed by atoms with Crippen molar-refractivity contribution in [3.05, 3.63) is 48.5 Å². The highest BCUT2D eigenvalue weighted by Gasteiger charge is 1.93. The van der Waals surface area contributed by atoms with E-state index in [0.29, 0.717) is 5.95 Å². The Labute approximate surface area is 150 Å². The van der Waals surface area contributed by atoms with Gasteiger partial charge in [-0.05, 0) is 5.56 Å². The van der Waals surface area contributed by atoms with E-state index in [2.05, 4.69) is 34.1 Å². The standard InChI is InChI=1S/C10H10N4.C7H16.C2H4O2/c1-2-4-9(5-3-1)6-12-10-13-7-11-8-14-10;1-3-5-7-6-4-2;1-2(3)4/h1-5,7-8H,6H2,(H,11,12,13,14);3-7H2,1-2H3;1H3,(H,3,4). The van der Waals surface area contributed by atoms with E-state index < -0.39 is 5.97 Å². The Kier molecular flexibility index (Phi) is 14.7. The molecule has 0 saturated carbocycles. The molecule has 6 heteroatoms. The van der Waals surface area contributed by atoms with Crippen molar-refractivity contribution < 1.29 is 9.90 Å². The Bertz CT molecular complexity index is 488. The molecule has 2 N–H and O–H groups in total. The van der Waals surface area contributed by atoms with Gasteiger partial charge in [0.05, 0.1) is 0 Å². The summed E-state index contributed by atoms with van der Waals surface area (Å²) in [5, 5.41) is 10.5. The number of carboxylic acid groups (broad SMARTS) is 1. The third kappa shape index (κ3) is 16.1. The zero-order valence-corrected chi connectivity index (χ0v) is 15.5. The van der Waals surface area contributed by atoms with E-state index in [1.54, 1.807) is 0 Å². The number of benzene rings is 1. The fourth-order valence-electron chi connectivity index (χ4n) is 1.78. The normalized spacial score (nSPS) is 9.08. The lowest BCUT2D eigenvalue weighted by atomic mass is 10.2. The van der Waals surface area contributed by atoms with Crippen LogP contribution < -0.4 is 5.32 Å². The summed E-state index contributed by atoms with van der Waals surface area (Å²) in [6.45, 7) is 6.30. The van der Waals surface area contributed by atoms with Gasteiger partial charge in [-0.2, -0.15) is 0 Å². The third-order valence-electron chi connectivity index (χ3n) is 2.99. The maximum absolute atomic E-state index is 9.00. The minimum absolute atomic E-state index is 0.601. The lowest BCUT2D eigenvalue weighted by Gasteiger charge is -2.02. The topological polar surface area (TPSA) is 88.0 Å². The highest BCUT2D eigenvalue weighted by Crippen LogP contribution is 2.01. The molecule has 0 amide bonds. The number of anilines is 1. The molecule has 25 heavy (non-hydrogen) atoms. The van der Waals surface area contributed by atoms with E-state index in [0.717, 1.165) is 13.5 Å². The highest BCUT2D eigenvalue weighted by molar-refractivity contribution is 5.62. The molecule has 1 aromatic heterocycles. The van der Waals surface area contributed by atoms with Gasteiger partial charge < -0.3 is 10.4 Å². The second kappa shape index (κ2) is 16.4. The first-order valence-electron chi connectivity index (χ1n) is 8.69. The minimum Gasteiger partial charge on any atom is -0.481 e. The molecular weight excluding hydrogens is 316 g/mol. The summed E-state index contributed by atoms with van der Waals surface area (Å²) in [6, 6.07) is 10.1. The lowest BCUT2D eigenvalue weighted by molar-refractivity contribution is -0.134. The minimum atomic E-state index is -0.833. The molecule has 0 atom stereocenters. The van der Waals surface area contributed by atoms with Crippen LogP contribution in [-0.4, -0.2) is 26.0 Å². The lowest BCUT2D eigenvalue weighted by Crippen LogP contribution is -2.02. The first kappa shape index (κ1) is 22.5. The zero-order chi connectivity index (χ0) is 18.8. The van der Waals surface area contributed by atoms with Crippen LogP contribution >= 0.6 is 0 Å². The molecule has 0 bridgehead atoms. The Morgan fingerprint density at radius 2 is 1.52 bits per heavy atom. The van der Waals surface area contributed by atoms with Gasteiger partial charge in [0.2, 0.25) is 5.95 Å². The van der Waals surface area contributed by atoms with Crippen LogP contribution in [0.5, 0.6) is 0 Å². The van der Waals surface area contributed by atoms with E-state index in [1.807, 2.05) is 30.3 Å². The molecule has 0 radical (unpaired) electrons. The quantitative estimate of drug-likeness (QED) is 0.715. The number of carboxylic acids is 1. The van der Waals surface area contributed by atoms with Crippen LogP contribution in [0, 0.1) is 0 Å². The molecular formula is C19H30N4O2. The summed E-state index contributed by atoms with van der Waals surface area (Å²) >= 11 is 0. The van der Waals surface area contributed by atoms with Gasteiger partial charge in [-0.3, -0.25) is 4.79 Å². The number of aromatic nitrogens is 3. The first-order valence-corrected chi connectivity index (χ1v) is 8.69. The van der Waals surface area contributed by atoms with Crippen molar-refractivity contribution in [1.82, 2.24) is 15.0 Å². The molecule has 0 aliphatic rings. The highest BCUT2D eigenvalue weighted by atomic mass is 16.4. The van der Waals surface area contributed by atoms with Gasteiger partial charge >= 0.3 is 0 Å². The van der Waals surface area contributed by atoms with Crippen LogP contribution in [0.15, 0.2) is 43.0 Å². The van der Waals surface area contributed by atoms with Crippen molar-refractivity contribution in [2.45, 2.75) is 59.4 Å². The summed E-state index contributed by atoms with van der Waals surface area (Å²) in [6.07, 6.45) is 9.95. The second-order valence-corrected chi connectivity index (χ2v) is 5.38. The number of unbranched alkanes of at least 4 members (excludes halogenated alkanes) is 4. The van der Waals surface area contributed by atoms with Crippen LogP contribution in [0.3, 0.4) is 0 Å². The van der Waals surface area contributed by atoms with Crippen molar-refractivity contribution in [2.24, 2.45) is 0 Å².